The number of aryl methyl sites for hydroxylation is 1. The highest BCUT2D eigenvalue weighted by molar-refractivity contribution is 8.02. The highest BCUT2D eigenvalue weighted by Gasteiger charge is 2.37. The molecule has 4 rings (SSSR count). The third-order valence-corrected chi connectivity index (χ3v) is 8.39. The van der Waals surface area contributed by atoms with Crippen LogP contribution in [-0.2, 0) is 9.84 Å². The Labute approximate surface area is 154 Å². The Hall–Kier alpha value is -1.48. The lowest BCUT2D eigenvalue weighted by Crippen LogP contribution is -2.20. The highest BCUT2D eigenvalue weighted by atomic mass is 32.2. The van der Waals surface area contributed by atoms with Crippen molar-refractivity contribution >= 4 is 43.2 Å². The predicted molar refractivity (Wildman–Crippen MR) is 102 cm³/mol. The minimum atomic E-state index is -3.18. The molecule has 3 heterocycles. The van der Waals surface area contributed by atoms with E-state index >= 15 is 0 Å². The molecule has 25 heavy (non-hydrogen) atoms. The van der Waals surface area contributed by atoms with Gasteiger partial charge in [-0.2, -0.15) is 0 Å². The predicted octanol–water partition coefficient (Wildman–Crippen LogP) is 2.92. The number of aliphatic hydroxyl groups excluding tert-OH is 1. The Morgan fingerprint density at radius 2 is 1.96 bits per heavy atom. The minimum Gasteiger partial charge on any atom is -0.391 e. The summed E-state index contributed by atoms with van der Waals surface area (Å²) in [6.07, 6.45) is -0.854. The molecule has 1 aliphatic heterocycles. The smallest absolute Gasteiger partial charge is 0.154 e. The minimum absolute atomic E-state index is 0.0148. The van der Waals surface area contributed by atoms with Crippen molar-refractivity contribution in [2.24, 2.45) is 0 Å². The van der Waals surface area contributed by atoms with Crippen molar-refractivity contribution in [2.45, 2.75) is 23.3 Å². The number of hydrogen-bond acceptors (Lipinski definition) is 7. The molecule has 0 saturated carbocycles. The molecule has 1 saturated heterocycles. The van der Waals surface area contributed by atoms with Gasteiger partial charge in [0.15, 0.2) is 9.84 Å². The molecule has 0 bridgehead atoms. The largest absolute Gasteiger partial charge is 0.391 e. The molecule has 1 aliphatic rings. The van der Waals surface area contributed by atoms with Crippen molar-refractivity contribution in [1.82, 2.24) is 9.97 Å². The lowest BCUT2D eigenvalue weighted by atomic mass is 10.2. The fraction of sp³-hybridized carbons (Fsp3) is 0.294. The van der Waals surface area contributed by atoms with Crippen LogP contribution in [0.4, 0.5) is 0 Å². The Morgan fingerprint density at radius 1 is 1.20 bits per heavy atom. The second-order valence-electron chi connectivity index (χ2n) is 6.07. The number of fused-ring (bicyclic) bond motifs is 1. The van der Waals surface area contributed by atoms with E-state index in [1.54, 1.807) is 11.3 Å². The van der Waals surface area contributed by atoms with Crippen molar-refractivity contribution in [1.29, 1.82) is 0 Å². The van der Waals surface area contributed by atoms with Crippen LogP contribution in [0.5, 0.6) is 0 Å². The summed E-state index contributed by atoms with van der Waals surface area (Å²) in [5.41, 5.74) is 1.11. The number of nitrogens with zero attached hydrogens (tertiary/aromatic N) is 2. The van der Waals surface area contributed by atoms with Gasteiger partial charge in [-0.05, 0) is 18.6 Å². The molecule has 2 atom stereocenters. The summed E-state index contributed by atoms with van der Waals surface area (Å²) >= 11 is 2.93. The summed E-state index contributed by atoms with van der Waals surface area (Å²) in [7, 11) is -3.18. The molecule has 8 heteroatoms. The lowest BCUT2D eigenvalue weighted by molar-refractivity contribution is 0.207. The van der Waals surface area contributed by atoms with E-state index in [4.69, 9.17) is 0 Å². The van der Waals surface area contributed by atoms with Crippen LogP contribution in [0, 0.1) is 6.92 Å². The third kappa shape index (κ3) is 3.44. The van der Waals surface area contributed by atoms with Gasteiger partial charge in [0.05, 0.1) is 22.9 Å². The van der Waals surface area contributed by atoms with Crippen LogP contribution < -0.4 is 0 Å². The van der Waals surface area contributed by atoms with Gasteiger partial charge >= 0.3 is 0 Å². The molecule has 1 fully saturated rings. The monoisotopic (exact) mass is 392 g/mol. The van der Waals surface area contributed by atoms with Gasteiger partial charge in [-0.1, -0.05) is 42.1 Å². The zero-order valence-corrected chi connectivity index (χ0v) is 15.9. The van der Waals surface area contributed by atoms with Crippen LogP contribution in [-0.4, -0.2) is 46.4 Å². The van der Waals surface area contributed by atoms with Crippen molar-refractivity contribution in [3.05, 3.63) is 42.2 Å². The summed E-state index contributed by atoms with van der Waals surface area (Å²) in [6.45, 7) is 1.83. The molecular weight excluding hydrogens is 376 g/mol. The number of thiophene rings is 1. The van der Waals surface area contributed by atoms with E-state index < -0.39 is 15.9 Å². The maximum atomic E-state index is 11.8. The summed E-state index contributed by atoms with van der Waals surface area (Å²) in [5, 5.41) is 11.3. The third-order valence-electron chi connectivity index (χ3n) is 4.06. The van der Waals surface area contributed by atoms with Gasteiger partial charge in [0, 0.05) is 10.3 Å². The first-order valence-corrected chi connectivity index (χ1v) is 11.3. The molecule has 0 spiro atoms. The quantitative estimate of drug-likeness (QED) is 0.691. The van der Waals surface area contributed by atoms with Gasteiger partial charge in [0.2, 0.25) is 0 Å². The molecule has 2 aromatic heterocycles. The maximum Gasteiger partial charge on any atom is 0.154 e. The number of benzene rings is 1. The summed E-state index contributed by atoms with van der Waals surface area (Å²) < 4.78 is 23.5. The summed E-state index contributed by atoms with van der Waals surface area (Å²) in [4.78, 5) is 11.0. The second kappa shape index (κ2) is 6.35. The number of hydrogen-bond donors (Lipinski definition) is 1. The zero-order valence-electron chi connectivity index (χ0n) is 13.4. The molecule has 1 N–H and O–H groups in total. The average molecular weight is 393 g/mol. The number of sulfone groups is 1. The topological polar surface area (TPSA) is 80.2 Å². The van der Waals surface area contributed by atoms with Gasteiger partial charge in [0.1, 0.15) is 15.7 Å². The fourth-order valence-corrected chi connectivity index (χ4v) is 7.67. The SMILES string of the molecule is Cc1nc(S[C@@H]2CS(=O)(=O)C[C@@H]2O)c2cc(-c3ccccc3)sc2n1. The van der Waals surface area contributed by atoms with E-state index in [0.717, 1.165) is 25.7 Å². The molecule has 0 amide bonds. The van der Waals surface area contributed by atoms with E-state index in [1.807, 2.05) is 43.3 Å². The summed E-state index contributed by atoms with van der Waals surface area (Å²) in [6, 6.07) is 12.1. The molecule has 0 radical (unpaired) electrons. The first-order chi connectivity index (χ1) is 11.9. The summed E-state index contributed by atoms with van der Waals surface area (Å²) in [5.74, 6) is 0.461. The van der Waals surface area contributed by atoms with E-state index in [0.29, 0.717) is 5.82 Å². The Kier molecular flexibility index (Phi) is 4.31. The van der Waals surface area contributed by atoms with Gasteiger partial charge in [-0.25, -0.2) is 18.4 Å². The maximum absolute atomic E-state index is 11.8. The van der Waals surface area contributed by atoms with Crippen LogP contribution in [0.25, 0.3) is 20.7 Å². The molecule has 0 unspecified atom stereocenters. The zero-order chi connectivity index (χ0) is 17.6. The number of rotatable bonds is 3. The molecule has 1 aromatic carbocycles. The van der Waals surface area contributed by atoms with Gasteiger partial charge in [-0.15, -0.1) is 11.3 Å². The number of thioether (sulfide) groups is 1. The number of aromatic nitrogens is 2. The molecule has 0 aliphatic carbocycles. The van der Waals surface area contributed by atoms with E-state index in [2.05, 4.69) is 9.97 Å². The van der Waals surface area contributed by atoms with Crippen LogP contribution in [0.15, 0.2) is 41.4 Å². The van der Waals surface area contributed by atoms with Gasteiger partial charge < -0.3 is 5.11 Å². The van der Waals surface area contributed by atoms with Gasteiger partial charge in [0.25, 0.3) is 0 Å². The normalized spacial score (nSPS) is 22.5. The Balaban J connectivity index is 1.75. The molecule has 5 nitrogen and oxygen atoms in total. The fourth-order valence-electron chi connectivity index (χ4n) is 2.88. The van der Waals surface area contributed by atoms with Crippen LogP contribution in [0.2, 0.25) is 0 Å². The van der Waals surface area contributed by atoms with Crippen molar-refractivity contribution in [3.8, 4) is 10.4 Å². The first kappa shape index (κ1) is 17.0. The second-order valence-corrected chi connectivity index (χ2v) is 10.5. The average Bonchev–Trinajstić information content (AvgIpc) is 3.08. The molecule has 3 aromatic rings. The number of aliphatic hydroxyl groups is 1. The molecule has 130 valence electrons. The van der Waals surface area contributed by atoms with Gasteiger partial charge in [-0.3, -0.25) is 0 Å². The van der Waals surface area contributed by atoms with Crippen LogP contribution >= 0.6 is 23.1 Å². The highest BCUT2D eigenvalue weighted by Crippen LogP contribution is 2.39. The van der Waals surface area contributed by atoms with E-state index in [-0.39, 0.29) is 16.8 Å². The Bertz CT molecular complexity index is 1030. The van der Waals surface area contributed by atoms with E-state index in [1.165, 1.54) is 11.8 Å². The van der Waals surface area contributed by atoms with Crippen LogP contribution in [0.1, 0.15) is 5.82 Å². The van der Waals surface area contributed by atoms with E-state index in [9.17, 15) is 13.5 Å². The lowest BCUT2D eigenvalue weighted by Gasteiger charge is -2.12. The standard InChI is InChI=1S/C17H16N2O3S3/c1-10-18-16-12(7-14(23-16)11-5-3-2-4-6-11)17(19-10)24-15-9-25(21,22)8-13(15)20/h2-7,13,15,20H,8-9H2,1H3/t13-,15+/m0/s1. The van der Waals surface area contributed by atoms with Crippen molar-refractivity contribution < 1.29 is 13.5 Å². The van der Waals surface area contributed by atoms with Crippen LogP contribution in [0.3, 0.4) is 0 Å². The first-order valence-electron chi connectivity index (χ1n) is 7.80. The van der Waals surface area contributed by atoms with Crippen molar-refractivity contribution in [2.75, 3.05) is 11.5 Å². The Morgan fingerprint density at radius 3 is 2.64 bits per heavy atom. The molecular formula is C17H16N2O3S3. The van der Waals surface area contributed by atoms with Crippen molar-refractivity contribution in [3.63, 3.8) is 0 Å².